The summed E-state index contributed by atoms with van der Waals surface area (Å²) in [7, 11) is 1.57. The van der Waals surface area contributed by atoms with E-state index >= 15 is 0 Å². The number of hydrogen-bond donors (Lipinski definition) is 2. The number of H-pyrrole nitrogens is 1. The van der Waals surface area contributed by atoms with Crippen molar-refractivity contribution < 1.29 is 14.6 Å². The molecule has 1 atom stereocenters. The van der Waals surface area contributed by atoms with Gasteiger partial charge in [0.25, 0.3) is 0 Å². The number of ether oxygens (including phenoxy) is 1. The summed E-state index contributed by atoms with van der Waals surface area (Å²) in [6.07, 6.45) is 3.91. The second-order valence-electron chi connectivity index (χ2n) is 3.48. The maximum atomic E-state index is 11.2. The van der Waals surface area contributed by atoms with Crippen molar-refractivity contribution in [1.29, 1.82) is 0 Å². The van der Waals surface area contributed by atoms with Crippen LogP contribution in [0, 0.1) is 0 Å². The van der Waals surface area contributed by atoms with E-state index in [0.29, 0.717) is 13.0 Å². The Labute approximate surface area is 82.9 Å². The monoisotopic (exact) mass is 197 g/mol. The highest BCUT2D eigenvalue weighted by Crippen LogP contribution is 2.27. The Morgan fingerprint density at radius 1 is 1.71 bits per heavy atom. The molecule has 1 aromatic rings. The van der Waals surface area contributed by atoms with Gasteiger partial charge in [0.2, 0.25) is 0 Å². The van der Waals surface area contributed by atoms with Gasteiger partial charge in [0.15, 0.2) is 0 Å². The van der Waals surface area contributed by atoms with E-state index in [4.69, 9.17) is 9.84 Å². The molecule has 1 heterocycles. The number of rotatable bonds is 5. The highest BCUT2D eigenvalue weighted by atomic mass is 16.5. The molecule has 4 nitrogen and oxygen atoms in total. The Hall–Kier alpha value is -1.29. The fraction of sp³-hybridized carbons (Fsp3) is 0.500. The molecule has 0 aromatic carbocycles. The quantitative estimate of drug-likeness (QED) is 0.749. The van der Waals surface area contributed by atoms with Gasteiger partial charge in [-0.25, -0.2) is 0 Å². The van der Waals surface area contributed by atoms with E-state index in [9.17, 15) is 4.79 Å². The SMILES string of the molecule is COCCC(C)(C(=O)O)c1cc[nH]c1. The fourth-order valence-electron chi connectivity index (χ4n) is 1.35. The van der Waals surface area contributed by atoms with Gasteiger partial charge < -0.3 is 14.8 Å². The van der Waals surface area contributed by atoms with E-state index in [2.05, 4.69) is 4.98 Å². The second kappa shape index (κ2) is 4.28. The summed E-state index contributed by atoms with van der Waals surface area (Å²) in [6, 6.07) is 1.78. The molecule has 0 bridgehead atoms. The predicted molar refractivity (Wildman–Crippen MR) is 52.3 cm³/mol. The van der Waals surface area contributed by atoms with Crippen molar-refractivity contribution in [3.05, 3.63) is 24.0 Å². The second-order valence-corrected chi connectivity index (χ2v) is 3.48. The number of aliphatic carboxylic acids is 1. The number of methoxy groups -OCH3 is 1. The molecule has 0 saturated heterocycles. The summed E-state index contributed by atoms with van der Waals surface area (Å²) in [4.78, 5) is 14.0. The molecule has 0 aliphatic carbocycles. The summed E-state index contributed by atoms with van der Waals surface area (Å²) >= 11 is 0. The van der Waals surface area contributed by atoms with Crippen LogP contribution in [0.2, 0.25) is 0 Å². The van der Waals surface area contributed by atoms with Crippen LogP contribution in [0.25, 0.3) is 0 Å². The first kappa shape index (κ1) is 10.8. The van der Waals surface area contributed by atoms with Gasteiger partial charge in [-0.15, -0.1) is 0 Å². The molecular formula is C10H15NO3. The van der Waals surface area contributed by atoms with Gasteiger partial charge in [0, 0.05) is 26.1 Å². The lowest BCUT2D eigenvalue weighted by Crippen LogP contribution is -2.33. The smallest absolute Gasteiger partial charge is 0.313 e. The molecule has 1 unspecified atom stereocenters. The van der Waals surface area contributed by atoms with Gasteiger partial charge >= 0.3 is 5.97 Å². The number of carboxylic acid groups (broad SMARTS) is 1. The van der Waals surface area contributed by atoms with E-state index in [1.165, 1.54) is 0 Å². The van der Waals surface area contributed by atoms with Gasteiger partial charge in [-0.1, -0.05) is 0 Å². The van der Waals surface area contributed by atoms with E-state index in [-0.39, 0.29) is 0 Å². The maximum Gasteiger partial charge on any atom is 0.313 e. The largest absolute Gasteiger partial charge is 0.481 e. The summed E-state index contributed by atoms with van der Waals surface area (Å²) in [6.45, 7) is 2.14. The van der Waals surface area contributed by atoms with Gasteiger partial charge in [-0.05, 0) is 25.0 Å². The van der Waals surface area contributed by atoms with Crippen LogP contribution in [-0.4, -0.2) is 29.8 Å². The van der Waals surface area contributed by atoms with Gasteiger partial charge in [-0.3, -0.25) is 4.79 Å². The highest BCUT2D eigenvalue weighted by Gasteiger charge is 2.35. The van der Waals surface area contributed by atoms with E-state index in [1.807, 2.05) is 0 Å². The number of nitrogens with one attached hydrogen (secondary N) is 1. The molecule has 0 aliphatic rings. The normalized spacial score (nSPS) is 15.0. The molecule has 0 fully saturated rings. The summed E-state index contributed by atoms with van der Waals surface area (Å²) in [5.41, 5.74) is -0.0854. The molecule has 1 rings (SSSR count). The summed E-state index contributed by atoms with van der Waals surface area (Å²) in [5, 5.41) is 9.16. The zero-order chi connectivity index (χ0) is 10.6. The number of carboxylic acids is 1. The Kier molecular flexibility index (Phi) is 3.30. The molecule has 14 heavy (non-hydrogen) atoms. The molecular weight excluding hydrogens is 182 g/mol. The third-order valence-electron chi connectivity index (χ3n) is 2.51. The Bertz CT molecular complexity index is 294. The first-order valence-electron chi connectivity index (χ1n) is 4.47. The number of aromatic amines is 1. The molecule has 0 amide bonds. The number of aromatic nitrogens is 1. The Balaban J connectivity index is 2.87. The lowest BCUT2D eigenvalue weighted by molar-refractivity contribution is -0.143. The predicted octanol–water partition coefficient (Wildman–Crippen LogP) is 1.39. The van der Waals surface area contributed by atoms with Crippen molar-refractivity contribution in [3.63, 3.8) is 0 Å². The Morgan fingerprint density at radius 2 is 2.43 bits per heavy atom. The van der Waals surface area contributed by atoms with Crippen molar-refractivity contribution in [3.8, 4) is 0 Å². The standard InChI is InChI=1S/C10H15NO3/c1-10(9(12)13,4-6-14-2)8-3-5-11-7-8/h3,5,7,11H,4,6H2,1-2H3,(H,12,13). The molecule has 0 spiro atoms. The average molecular weight is 197 g/mol. The molecule has 1 aromatic heterocycles. The van der Waals surface area contributed by atoms with Crippen molar-refractivity contribution in [2.24, 2.45) is 0 Å². The lowest BCUT2D eigenvalue weighted by Gasteiger charge is -2.23. The zero-order valence-electron chi connectivity index (χ0n) is 8.41. The molecule has 78 valence electrons. The van der Waals surface area contributed by atoms with Crippen LogP contribution in [0.3, 0.4) is 0 Å². The summed E-state index contributed by atoms with van der Waals surface area (Å²) < 4.78 is 4.91. The van der Waals surface area contributed by atoms with Crippen LogP contribution in [0.1, 0.15) is 18.9 Å². The van der Waals surface area contributed by atoms with Crippen LogP contribution in [0.4, 0.5) is 0 Å². The van der Waals surface area contributed by atoms with Gasteiger partial charge in [-0.2, -0.15) is 0 Å². The summed E-state index contributed by atoms with van der Waals surface area (Å²) in [5.74, 6) is -0.825. The molecule has 0 radical (unpaired) electrons. The zero-order valence-corrected chi connectivity index (χ0v) is 8.41. The van der Waals surface area contributed by atoms with Crippen LogP contribution < -0.4 is 0 Å². The topological polar surface area (TPSA) is 62.3 Å². The fourth-order valence-corrected chi connectivity index (χ4v) is 1.35. The molecule has 0 aliphatic heterocycles. The van der Waals surface area contributed by atoms with Gasteiger partial charge in [0.1, 0.15) is 0 Å². The van der Waals surface area contributed by atoms with E-state index < -0.39 is 11.4 Å². The minimum absolute atomic E-state index is 0.438. The first-order chi connectivity index (χ1) is 6.61. The maximum absolute atomic E-state index is 11.2. The third-order valence-corrected chi connectivity index (χ3v) is 2.51. The minimum Gasteiger partial charge on any atom is -0.481 e. The van der Waals surface area contributed by atoms with Crippen LogP contribution in [-0.2, 0) is 14.9 Å². The molecule has 4 heteroatoms. The van der Waals surface area contributed by atoms with Crippen LogP contribution >= 0.6 is 0 Å². The van der Waals surface area contributed by atoms with Gasteiger partial charge in [0.05, 0.1) is 5.41 Å². The van der Waals surface area contributed by atoms with Crippen molar-refractivity contribution in [2.75, 3.05) is 13.7 Å². The third kappa shape index (κ3) is 1.96. The lowest BCUT2D eigenvalue weighted by atomic mass is 9.81. The van der Waals surface area contributed by atoms with Crippen LogP contribution in [0.5, 0.6) is 0 Å². The van der Waals surface area contributed by atoms with Crippen LogP contribution in [0.15, 0.2) is 18.5 Å². The first-order valence-corrected chi connectivity index (χ1v) is 4.47. The molecule has 0 saturated carbocycles. The van der Waals surface area contributed by atoms with Crippen molar-refractivity contribution in [2.45, 2.75) is 18.8 Å². The van der Waals surface area contributed by atoms with E-state index in [0.717, 1.165) is 5.56 Å². The number of hydrogen-bond acceptors (Lipinski definition) is 2. The van der Waals surface area contributed by atoms with Crippen molar-refractivity contribution in [1.82, 2.24) is 4.98 Å². The number of carbonyl (C=O) groups is 1. The van der Waals surface area contributed by atoms with Crippen molar-refractivity contribution >= 4 is 5.97 Å². The Morgan fingerprint density at radius 3 is 2.86 bits per heavy atom. The minimum atomic E-state index is -0.865. The highest BCUT2D eigenvalue weighted by molar-refractivity contribution is 5.80. The average Bonchev–Trinajstić information content (AvgIpc) is 2.66. The molecule has 2 N–H and O–H groups in total. The van der Waals surface area contributed by atoms with E-state index in [1.54, 1.807) is 32.5 Å².